The van der Waals surface area contributed by atoms with Crippen LogP contribution < -0.4 is 0 Å². The zero-order valence-corrected chi connectivity index (χ0v) is 9.84. The predicted octanol–water partition coefficient (Wildman–Crippen LogP) is 2.71. The van der Waals surface area contributed by atoms with Gasteiger partial charge >= 0.3 is 0 Å². The van der Waals surface area contributed by atoms with Crippen molar-refractivity contribution >= 4 is 17.6 Å². The highest BCUT2D eigenvalue weighted by Crippen LogP contribution is 2.17. The Morgan fingerprint density at radius 3 is 2.47 bits per heavy atom. The summed E-state index contributed by atoms with van der Waals surface area (Å²) < 4.78 is 28.1. The van der Waals surface area contributed by atoms with Crippen LogP contribution >= 0.6 is 0 Å². The van der Waals surface area contributed by atoms with E-state index in [0.29, 0.717) is 5.56 Å². The van der Waals surface area contributed by atoms with E-state index in [0.717, 1.165) is 0 Å². The lowest BCUT2D eigenvalue weighted by atomic mass is 10.2. The van der Waals surface area contributed by atoms with Gasteiger partial charge in [0.05, 0.1) is 6.21 Å². The lowest BCUT2D eigenvalue weighted by Gasteiger charge is -2.17. The first-order valence-corrected chi connectivity index (χ1v) is 5.72. The molecule has 0 amide bonds. The first-order valence-electron chi connectivity index (χ1n) is 4.62. The molecule has 0 saturated carbocycles. The van der Waals surface area contributed by atoms with Crippen LogP contribution in [0.15, 0.2) is 28.7 Å². The van der Waals surface area contributed by atoms with Gasteiger partial charge in [-0.25, -0.2) is 4.39 Å². The van der Waals surface area contributed by atoms with Crippen LogP contribution in [0.2, 0.25) is 0 Å². The molecule has 0 N–H and O–H groups in total. The standard InChI is InChI=1S/C11H14FNOS/c1-11(2,3)15(14)13-8-9-6-4-5-7-10(9)12/h4-8H,1-3H3/b13-8+. The van der Waals surface area contributed by atoms with E-state index < -0.39 is 16.1 Å². The molecular weight excluding hydrogens is 213 g/mol. The predicted molar refractivity (Wildman–Crippen MR) is 61.9 cm³/mol. The van der Waals surface area contributed by atoms with Gasteiger partial charge in [0, 0.05) is 5.56 Å². The van der Waals surface area contributed by atoms with E-state index >= 15 is 0 Å². The summed E-state index contributed by atoms with van der Waals surface area (Å²) in [5, 5.41) is 0. The molecule has 0 radical (unpaired) electrons. The van der Waals surface area contributed by atoms with Crippen molar-refractivity contribution in [2.24, 2.45) is 4.40 Å². The third-order valence-corrected chi connectivity index (χ3v) is 3.06. The summed E-state index contributed by atoms with van der Waals surface area (Å²) in [5.74, 6) is -0.354. The summed E-state index contributed by atoms with van der Waals surface area (Å²) in [6.07, 6.45) is 1.32. The Kier molecular flexibility index (Phi) is 3.88. The van der Waals surface area contributed by atoms with Crippen molar-refractivity contribution in [3.8, 4) is 0 Å². The molecule has 15 heavy (non-hydrogen) atoms. The summed E-state index contributed by atoms with van der Waals surface area (Å²) in [6.45, 7) is 5.46. The topological polar surface area (TPSA) is 35.4 Å². The molecule has 1 atom stereocenters. The van der Waals surface area contributed by atoms with Crippen LogP contribution in [0.3, 0.4) is 0 Å². The molecule has 4 heteroatoms. The molecular formula is C11H14FNOS. The zero-order chi connectivity index (χ0) is 11.5. The molecule has 82 valence electrons. The zero-order valence-electron chi connectivity index (χ0n) is 9.03. The minimum absolute atomic E-state index is 0.354. The van der Waals surface area contributed by atoms with E-state index in [-0.39, 0.29) is 5.82 Å². The highest BCUT2D eigenvalue weighted by atomic mass is 32.2. The SMILES string of the molecule is CC(C)(C)[S+]([O-])/N=C/c1ccccc1F. The van der Waals surface area contributed by atoms with Crippen molar-refractivity contribution in [3.63, 3.8) is 0 Å². The van der Waals surface area contributed by atoms with Crippen LogP contribution in [0.1, 0.15) is 26.3 Å². The number of rotatable bonds is 2. The third kappa shape index (κ3) is 3.64. The molecule has 2 nitrogen and oxygen atoms in total. The van der Waals surface area contributed by atoms with E-state index in [1.165, 1.54) is 12.3 Å². The molecule has 0 aliphatic carbocycles. The molecule has 1 aromatic rings. The van der Waals surface area contributed by atoms with Crippen molar-refractivity contribution < 1.29 is 8.94 Å². The quantitative estimate of drug-likeness (QED) is 0.565. The van der Waals surface area contributed by atoms with Crippen LogP contribution in [0, 0.1) is 5.82 Å². The smallest absolute Gasteiger partial charge is 0.144 e. The first-order chi connectivity index (χ1) is 6.91. The fourth-order valence-corrected chi connectivity index (χ4v) is 1.37. The third-order valence-electron chi connectivity index (χ3n) is 1.72. The first kappa shape index (κ1) is 12.2. The number of hydrogen-bond donors (Lipinski definition) is 0. The van der Waals surface area contributed by atoms with E-state index in [9.17, 15) is 8.94 Å². The average molecular weight is 227 g/mol. The summed E-state index contributed by atoms with van der Waals surface area (Å²) in [4.78, 5) is 0. The van der Waals surface area contributed by atoms with Crippen molar-refractivity contribution in [1.29, 1.82) is 0 Å². The molecule has 0 heterocycles. The van der Waals surface area contributed by atoms with Crippen molar-refractivity contribution in [1.82, 2.24) is 0 Å². The molecule has 1 aromatic carbocycles. The summed E-state index contributed by atoms with van der Waals surface area (Å²) in [7, 11) is 0. The molecule has 0 saturated heterocycles. The molecule has 0 spiro atoms. The second-order valence-corrected chi connectivity index (χ2v) is 6.05. The van der Waals surface area contributed by atoms with Crippen LogP contribution in [0.4, 0.5) is 4.39 Å². The van der Waals surface area contributed by atoms with Gasteiger partial charge in [0.2, 0.25) is 0 Å². The van der Waals surface area contributed by atoms with Gasteiger partial charge in [0.1, 0.15) is 21.9 Å². The van der Waals surface area contributed by atoms with E-state index in [1.54, 1.807) is 18.2 Å². The highest BCUT2D eigenvalue weighted by molar-refractivity contribution is 7.91. The molecule has 0 fully saturated rings. The Labute approximate surface area is 92.5 Å². The molecule has 0 aromatic heterocycles. The second kappa shape index (κ2) is 4.77. The van der Waals surface area contributed by atoms with Crippen LogP contribution in [-0.4, -0.2) is 15.5 Å². The lowest BCUT2D eigenvalue weighted by Crippen LogP contribution is -2.25. The normalized spacial score (nSPS) is 14.5. The monoisotopic (exact) mass is 227 g/mol. The van der Waals surface area contributed by atoms with Gasteiger partial charge in [0.25, 0.3) is 0 Å². The fraction of sp³-hybridized carbons (Fsp3) is 0.364. The van der Waals surface area contributed by atoms with Gasteiger partial charge < -0.3 is 4.55 Å². The van der Waals surface area contributed by atoms with Gasteiger partial charge in [-0.3, -0.25) is 0 Å². The van der Waals surface area contributed by atoms with Gasteiger partial charge in [-0.15, -0.1) is 0 Å². The summed E-state index contributed by atoms with van der Waals surface area (Å²) >= 11 is -1.34. The molecule has 1 unspecified atom stereocenters. The summed E-state index contributed by atoms with van der Waals surface area (Å²) in [5.41, 5.74) is 0.357. The van der Waals surface area contributed by atoms with Gasteiger partial charge in [-0.2, -0.15) is 0 Å². The van der Waals surface area contributed by atoms with Gasteiger partial charge in [0.15, 0.2) is 0 Å². The van der Waals surface area contributed by atoms with Crippen LogP contribution in [0.25, 0.3) is 0 Å². The Hall–Kier alpha value is -0.870. The largest absolute Gasteiger partial charge is 0.591 e. The maximum atomic E-state index is 13.1. The van der Waals surface area contributed by atoms with E-state index in [2.05, 4.69) is 4.40 Å². The molecule has 1 rings (SSSR count). The van der Waals surface area contributed by atoms with Crippen molar-refractivity contribution in [3.05, 3.63) is 35.6 Å². The minimum Gasteiger partial charge on any atom is -0.591 e. The van der Waals surface area contributed by atoms with Gasteiger partial charge in [-0.05, 0) is 26.8 Å². The average Bonchev–Trinajstić information content (AvgIpc) is 2.14. The van der Waals surface area contributed by atoms with Gasteiger partial charge in [-0.1, -0.05) is 22.6 Å². The fourth-order valence-electron chi connectivity index (χ4n) is 0.843. The van der Waals surface area contributed by atoms with Crippen molar-refractivity contribution in [2.45, 2.75) is 25.5 Å². The Balaban J connectivity index is 2.79. The minimum atomic E-state index is -1.34. The number of halogens is 1. The van der Waals surface area contributed by atoms with E-state index in [1.807, 2.05) is 20.8 Å². The summed E-state index contributed by atoms with van der Waals surface area (Å²) in [6, 6.07) is 6.26. The Morgan fingerprint density at radius 2 is 1.93 bits per heavy atom. The maximum absolute atomic E-state index is 13.1. The lowest BCUT2D eigenvalue weighted by molar-refractivity contribution is 0.561. The second-order valence-electron chi connectivity index (χ2n) is 4.12. The molecule has 0 bridgehead atoms. The maximum Gasteiger partial charge on any atom is 0.144 e. The highest BCUT2D eigenvalue weighted by Gasteiger charge is 2.25. The number of hydrogen-bond acceptors (Lipinski definition) is 2. The van der Waals surface area contributed by atoms with Crippen molar-refractivity contribution in [2.75, 3.05) is 0 Å². The molecule has 0 aliphatic rings. The van der Waals surface area contributed by atoms with E-state index in [4.69, 9.17) is 0 Å². The number of benzene rings is 1. The Bertz CT molecular complexity index is 360. The van der Waals surface area contributed by atoms with Crippen LogP contribution in [0.5, 0.6) is 0 Å². The number of nitrogens with zero attached hydrogens (tertiary/aromatic N) is 1. The Morgan fingerprint density at radius 1 is 1.33 bits per heavy atom. The van der Waals surface area contributed by atoms with Crippen LogP contribution in [-0.2, 0) is 11.4 Å². The molecule has 0 aliphatic heterocycles.